The van der Waals surface area contributed by atoms with Crippen molar-refractivity contribution < 1.29 is 24.1 Å². The first-order valence-electron chi connectivity index (χ1n) is 8.17. The topological polar surface area (TPSA) is 103 Å². The molecule has 0 spiro atoms. The molecule has 1 aliphatic carbocycles. The number of aromatic nitrogens is 3. The molecule has 0 radical (unpaired) electrons. The fraction of sp³-hybridized carbons (Fsp3) is 0.471. The maximum atomic E-state index is 13.4. The third-order valence-electron chi connectivity index (χ3n) is 4.88. The van der Waals surface area contributed by atoms with Crippen molar-refractivity contribution in [3.63, 3.8) is 0 Å². The van der Waals surface area contributed by atoms with Gasteiger partial charge in [0, 0.05) is 13.0 Å². The standard InChI is InChI=1S/C17H20F2N4O3/c1-8-20-7-21-17(22-8)23(2)13-6-10(15(25)16(13)26)14(24)9-3-4-11(18)12(19)5-9/h3-5,7,10,13-16,24-26H,6H2,1-2H3/t10-,13-,14?,15-,16+/m1/s1. The van der Waals surface area contributed by atoms with Gasteiger partial charge in [-0.2, -0.15) is 4.98 Å². The van der Waals surface area contributed by atoms with E-state index in [1.54, 1.807) is 18.9 Å². The molecule has 9 heteroatoms. The molecule has 0 amide bonds. The van der Waals surface area contributed by atoms with Crippen LogP contribution in [0.2, 0.25) is 0 Å². The number of halogens is 2. The molecule has 1 aromatic carbocycles. The minimum Gasteiger partial charge on any atom is -0.390 e. The van der Waals surface area contributed by atoms with Crippen LogP contribution in [0.3, 0.4) is 0 Å². The summed E-state index contributed by atoms with van der Waals surface area (Å²) >= 11 is 0. The molecule has 1 heterocycles. The van der Waals surface area contributed by atoms with E-state index < -0.39 is 41.9 Å². The quantitative estimate of drug-likeness (QED) is 0.733. The molecule has 0 aliphatic heterocycles. The lowest BCUT2D eigenvalue weighted by Gasteiger charge is -2.27. The fourth-order valence-corrected chi connectivity index (χ4v) is 3.37. The molecule has 0 saturated heterocycles. The highest BCUT2D eigenvalue weighted by molar-refractivity contribution is 5.32. The van der Waals surface area contributed by atoms with E-state index in [0.717, 1.165) is 12.1 Å². The van der Waals surface area contributed by atoms with Crippen LogP contribution in [0.5, 0.6) is 0 Å². The average molecular weight is 366 g/mol. The largest absolute Gasteiger partial charge is 0.390 e. The third kappa shape index (κ3) is 3.37. The van der Waals surface area contributed by atoms with Crippen LogP contribution in [-0.4, -0.2) is 55.6 Å². The Morgan fingerprint density at radius 1 is 1.15 bits per heavy atom. The van der Waals surface area contributed by atoms with Crippen LogP contribution in [0.4, 0.5) is 14.7 Å². The molecule has 26 heavy (non-hydrogen) atoms. The van der Waals surface area contributed by atoms with Gasteiger partial charge in [-0.15, -0.1) is 0 Å². The van der Waals surface area contributed by atoms with Crippen molar-refractivity contribution in [2.75, 3.05) is 11.9 Å². The van der Waals surface area contributed by atoms with E-state index >= 15 is 0 Å². The van der Waals surface area contributed by atoms with Gasteiger partial charge in [-0.1, -0.05) is 6.07 Å². The van der Waals surface area contributed by atoms with E-state index in [2.05, 4.69) is 15.0 Å². The summed E-state index contributed by atoms with van der Waals surface area (Å²) in [7, 11) is 1.67. The SMILES string of the molecule is Cc1ncnc(N(C)[C@@H]2C[C@H](C(O)c3ccc(F)c(F)c3)[C@@H](O)[C@H]2O)n1. The first kappa shape index (κ1) is 18.6. The van der Waals surface area contributed by atoms with E-state index in [-0.39, 0.29) is 12.0 Å². The van der Waals surface area contributed by atoms with Crippen molar-refractivity contribution >= 4 is 5.95 Å². The second-order valence-electron chi connectivity index (χ2n) is 6.51. The highest BCUT2D eigenvalue weighted by Crippen LogP contribution is 2.39. The Morgan fingerprint density at radius 3 is 2.54 bits per heavy atom. The zero-order valence-electron chi connectivity index (χ0n) is 14.3. The first-order valence-corrected chi connectivity index (χ1v) is 8.17. The zero-order chi connectivity index (χ0) is 19.0. The molecular formula is C17H20F2N4O3. The van der Waals surface area contributed by atoms with Crippen LogP contribution < -0.4 is 4.90 Å². The Kier molecular flexibility index (Phi) is 5.12. The van der Waals surface area contributed by atoms with E-state index in [9.17, 15) is 24.1 Å². The molecule has 7 nitrogen and oxygen atoms in total. The lowest BCUT2D eigenvalue weighted by Crippen LogP contribution is -2.42. The zero-order valence-corrected chi connectivity index (χ0v) is 14.3. The van der Waals surface area contributed by atoms with Crippen molar-refractivity contribution in [3.8, 4) is 0 Å². The molecule has 1 aliphatic rings. The Balaban J connectivity index is 1.81. The Labute approximate surface area is 149 Å². The van der Waals surface area contributed by atoms with Gasteiger partial charge in [0.1, 0.15) is 18.3 Å². The summed E-state index contributed by atoms with van der Waals surface area (Å²) in [5.41, 5.74) is 0.138. The average Bonchev–Trinajstić information content (AvgIpc) is 2.91. The van der Waals surface area contributed by atoms with Gasteiger partial charge in [0.05, 0.1) is 18.2 Å². The number of benzene rings is 1. The lowest BCUT2D eigenvalue weighted by atomic mass is 9.92. The van der Waals surface area contributed by atoms with Gasteiger partial charge < -0.3 is 20.2 Å². The summed E-state index contributed by atoms with van der Waals surface area (Å²) in [4.78, 5) is 13.8. The molecule has 3 rings (SSSR count). The second-order valence-corrected chi connectivity index (χ2v) is 6.51. The van der Waals surface area contributed by atoms with Gasteiger partial charge in [-0.25, -0.2) is 18.7 Å². The molecule has 5 atom stereocenters. The first-order chi connectivity index (χ1) is 12.3. The summed E-state index contributed by atoms with van der Waals surface area (Å²) < 4.78 is 26.5. The Hall–Kier alpha value is -2.23. The van der Waals surface area contributed by atoms with E-state index in [1.165, 1.54) is 12.4 Å². The number of rotatable bonds is 4. The maximum Gasteiger partial charge on any atom is 0.228 e. The van der Waals surface area contributed by atoms with E-state index in [1.807, 2.05) is 0 Å². The fourth-order valence-electron chi connectivity index (χ4n) is 3.37. The number of nitrogens with zero attached hydrogens (tertiary/aromatic N) is 4. The number of anilines is 1. The number of aliphatic hydroxyl groups is 3. The van der Waals surface area contributed by atoms with Crippen molar-refractivity contribution in [1.82, 2.24) is 15.0 Å². The highest BCUT2D eigenvalue weighted by atomic mass is 19.2. The monoisotopic (exact) mass is 366 g/mol. The second kappa shape index (κ2) is 7.18. The molecule has 2 aromatic rings. The number of aliphatic hydroxyl groups excluding tert-OH is 3. The molecule has 3 N–H and O–H groups in total. The summed E-state index contributed by atoms with van der Waals surface area (Å²) in [6.07, 6.45) is -2.10. The maximum absolute atomic E-state index is 13.4. The van der Waals surface area contributed by atoms with Crippen LogP contribution in [0.15, 0.2) is 24.5 Å². The summed E-state index contributed by atoms with van der Waals surface area (Å²) in [5, 5.41) is 31.3. The van der Waals surface area contributed by atoms with Crippen molar-refractivity contribution in [3.05, 3.63) is 47.5 Å². The minimum absolute atomic E-state index is 0.138. The minimum atomic E-state index is -1.26. The van der Waals surface area contributed by atoms with Crippen molar-refractivity contribution in [2.45, 2.75) is 37.7 Å². The van der Waals surface area contributed by atoms with Crippen LogP contribution in [0.25, 0.3) is 0 Å². The van der Waals surface area contributed by atoms with Crippen LogP contribution >= 0.6 is 0 Å². The molecule has 0 bridgehead atoms. The normalized spacial score (nSPS) is 26.7. The number of aryl methyl sites for hydroxylation is 1. The van der Waals surface area contributed by atoms with Crippen LogP contribution in [0, 0.1) is 24.5 Å². The Bertz CT molecular complexity index is 794. The van der Waals surface area contributed by atoms with E-state index in [0.29, 0.717) is 11.8 Å². The Morgan fingerprint density at radius 2 is 1.88 bits per heavy atom. The molecule has 1 aromatic heterocycles. The summed E-state index contributed by atoms with van der Waals surface area (Å²) in [5.74, 6) is -2.02. The predicted octanol–water partition coefficient (Wildman–Crippen LogP) is 0.738. The molecular weight excluding hydrogens is 346 g/mol. The highest BCUT2D eigenvalue weighted by Gasteiger charge is 2.47. The molecule has 1 fully saturated rings. The van der Waals surface area contributed by atoms with Crippen molar-refractivity contribution in [1.29, 1.82) is 0 Å². The number of hydrogen-bond acceptors (Lipinski definition) is 7. The van der Waals surface area contributed by atoms with Gasteiger partial charge in [0.25, 0.3) is 0 Å². The molecule has 1 unspecified atom stereocenters. The predicted molar refractivity (Wildman–Crippen MR) is 88.2 cm³/mol. The van der Waals surface area contributed by atoms with Gasteiger partial charge in [0.15, 0.2) is 11.6 Å². The molecule has 1 saturated carbocycles. The van der Waals surface area contributed by atoms with Gasteiger partial charge in [-0.3, -0.25) is 0 Å². The number of hydrogen-bond donors (Lipinski definition) is 3. The molecule has 140 valence electrons. The van der Waals surface area contributed by atoms with Gasteiger partial charge in [0.2, 0.25) is 5.95 Å². The third-order valence-corrected chi connectivity index (χ3v) is 4.88. The smallest absolute Gasteiger partial charge is 0.228 e. The van der Waals surface area contributed by atoms with Gasteiger partial charge >= 0.3 is 0 Å². The summed E-state index contributed by atoms with van der Waals surface area (Å²) in [6.45, 7) is 1.70. The van der Waals surface area contributed by atoms with E-state index in [4.69, 9.17) is 0 Å². The number of likely N-dealkylation sites (N-methyl/N-ethyl adjacent to an activating group) is 1. The van der Waals surface area contributed by atoms with Crippen molar-refractivity contribution in [2.24, 2.45) is 5.92 Å². The van der Waals surface area contributed by atoms with Gasteiger partial charge in [-0.05, 0) is 31.0 Å². The van der Waals surface area contributed by atoms with Crippen LogP contribution in [-0.2, 0) is 0 Å². The lowest BCUT2D eigenvalue weighted by molar-refractivity contribution is -0.0232. The summed E-state index contributed by atoms with van der Waals surface area (Å²) in [6, 6.07) is 2.51. The van der Waals surface area contributed by atoms with Crippen LogP contribution in [0.1, 0.15) is 23.9 Å².